The number of likely N-dealkylation sites (N-methyl/N-ethyl adjacent to an activating group) is 1. The van der Waals surface area contributed by atoms with E-state index in [1.54, 1.807) is 37.6 Å². The van der Waals surface area contributed by atoms with Crippen molar-refractivity contribution >= 4 is 11.7 Å². The monoisotopic (exact) mass is 605 g/mol. The van der Waals surface area contributed by atoms with Crippen molar-refractivity contribution in [2.75, 3.05) is 14.1 Å². The van der Waals surface area contributed by atoms with E-state index >= 15 is 0 Å². The minimum absolute atomic E-state index is 0.0848. The number of hydrogen-bond acceptors (Lipinski definition) is 9. The Labute approximate surface area is 257 Å². The number of furan rings is 1. The molecule has 0 fully saturated rings. The summed E-state index contributed by atoms with van der Waals surface area (Å²) in [7, 11) is 3.46. The van der Waals surface area contributed by atoms with Gasteiger partial charge < -0.3 is 36.3 Å². The van der Waals surface area contributed by atoms with Gasteiger partial charge in [0.1, 0.15) is 22.9 Å². The molecule has 236 valence electrons. The summed E-state index contributed by atoms with van der Waals surface area (Å²) in [4.78, 5) is 28.6. The fourth-order valence-electron chi connectivity index (χ4n) is 8.06. The average molecular weight is 606 g/mol. The first-order chi connectivity index (χ1) is 20.5. The van der Waals surface area contributed by atoms with Gasteiger partial charge in [-0.1, -0.05) is 11.6 Å². The van der Waals surface area contributed by atoms with E-state index in [1.807, 2.05) is 32.9 Å². The molecule has 1 aromatic carbocycles. The lowest BCUT2D eigenvalue weighted by molar-refractivity contribution is -0.120. The number of carbonyl (C=O) groups excluding carboxylic acids is 2. The molecule has 0 aliphatic heterocycles. The smallest absolute Gasteiger partial charge is 0.251 e. The van der Waals surface area contributed by atoms with Crippen LogP contribution in [0.1, 0.15) is 62.0 Å². The highest BCUT2D eigenvalue weighted by molar-refractivity contribution is 6.14. The zero-order valence-corrected chi connectivity index (χ0v) is 26.1. The number of aliphatic hydroxyl groups is 3. The molecule has 6 atom stereocenters. The number of Topliss-reactive ketones (excluding diaryl/α,β-unsaturated/α-hetero) is 1. The molecule has 8 N–H and O–H groups in total. The number of phenolic OH excluding ortho intramolecular Hbond substituents is 1. The number of nitrogens with two attached hydrogens (primary N) is 2. The highest BCUT2D eigenvalue weighted by Gasteiger charge is 2.59. The summed E-state index contributed by atoms with van der Waals surface area (Å²) in [6.07, 6.45) is 6.61. The van der Waals surface area contributed by atoms with Crippen molar-refractivity contribution in [3.63, 3.8) is 0 Å². The molecule has 10 heteroatoms. The van der Waals surface area contributed by atoms with Crippen molar-refractivity contribution in [2.45, 2.75) is 70.6 Å². The van der Waals surface area contributed by atoms with Gasteiger partial charge in [0.2, 0.25) is 0 Å². The molecular formula is C34H43N3O7. The van der Waals surface area contributed by atoms with Crippen LogP contribution in [0, 0.1) is 17.8 Å². The first-order valence-corrected chi connectivity index (χ1v) is 14.9. The number of nitrogens with zero attached hydrogens (tertiary/aromatic N) is 1. The second-order valence-corrected chi connectivity index (χ2v) is 13.5. The predicted octanol–water partition coefficient (Wildman–Crippen LogP) is 4.06. The number of carbonyl (C=O) groups is 2. The fourth-order valence-corrected chi connectivity index (χ4v) is 8.06. The lowest BCUT2D eigenvalue weighted by Crippen LogP contribution is -2.59. The zero-order valence-electron chi connectivity index (χ0n) is 26.1. The molecular weight excluding hydrogens is 562 g/mol. The van der Waals surface area contributed by atoms with E-state index in [0.29, 0.717) is 30.4 Å². The normalized spacial score (nSPS) is 28.5. The van der Waals surface area contributed by atoms with Gasteiger partial charge in [-0.3, -0.25) is 14.5 Å². The summed E-state index contributed by atoms with van der Waals surface area (Å²) in [6, 6.07) is 2.92. The van der Waals surface area contributed by atoms with E-state index in [-0.39, 0.29) is 34.8 Å². The number of amides is 1. The van der Waals surface area contributed by atoms with Crippen LogP contribution < -0.4 is 11.5 Å². The number of benzene rings is 1. The second-order valence-electron chi connectivity index (χ2n) is 13.5. The van der Waals surface area contributed by atoms with Crippen molar-refractivity contribution in [1.29, 1.82) is 0 Å². The van der Waals surface area contributed by atoms with E-state index in [2.05, 4.69) is 0 Å². The summed E-state index contributed by atoms with van der Waals surface area (Å²) in [5, 5.41) is 46.4. The van der Waals surface area contributed by atoms with E-state index in [1.165, 1.54) is 6.92 Å². The topological polar surface area (TPSA) is 183 Å². The molecule has 0 saturated heterocycles. The number of aromatic hydroxyl groups is 1. The molecule has 3 aliphatic rings. The average Bonchev–Trinajstić information content (AvgIpc) is 3.43. The van der Waals surface area contributed by atoms with Crippen LogP contribution in [0.2, 0.25) is 0 Å². The quantitative estimate of drug-likeness (QED) is 0.253. The fraction of sp³-hybridized carbons (Fsp3) is 0.471. The van der Waals surface area contributed by atoms with Crippen molar-refractivity contribution in [3.05, 3.63) is 75.7 Å². The van der Waals surface area contributed by atoms with E-state index < -0.39 is 52.2 Å². The Balaban J connectivity index is 1.70. The number of aliphatic hydroxyl groups excluding tert-OH is 2. The van der Waals surface area contributed by atoms with Crippen LogP contribution >= 0.6 is 0 Å². The summed E-state index contributed by atoms with van der Waals surface area (Å²) in [5.74, 6) is -4.57. The Bertz CT molecular complexity index is 1610. The molecule has 3 aliphatic carbocycles. The van der Waals surface area contributed by atoms with Crippen LogP contribution in [-0.4, -0.2) is 68.3 Å². The number of allylic oxidation sites excluding steroid dienone is 2. The maximum absolute atomic E-state index is 14.4. The number of hydrogen-bond donors (Lipinski definition) is 6. The summed E-state index contributed by atoms with van der Waals surface area (Å²) in [6.45, 7) is 7.16. The van der Waals surface area contributed by atoms with Gasteiger partial charge in [0, 0.05) is 16.7 Å². The van der Waals surface area contributed by atoms with Crippen molar-refractivity contribution in [2.24, 2.45) is 29.2 Å². The number of fused-ring (bicyclic) bond motifs is 3. The Morgan fingerprint density at radius 2 is 1.93 bits per heavy atom. The second kappa shape index (κ2) is 10.9. The number of ketones is 1. The highest BCUT2D eigenvalue weighted by Crippen LogP contribution is 2.55. The maximum Gasteiger partial charge on any atom is 0.251 e. The predicted molar refractivity (Wildman–Crippen MR) is 166 cm³/mol. The van der Waals surface area contributed by atoms with Gasteiger partial charge in [0.05, 0.1) is 35.6 Å². The number of rotatable bonds is 7. The molecule has 1 heterocycles. The molecule has 0 radical (unpaired) electrons. The highest BCUT2D eigenvalue weighted by atomic mass is 16.3. The summed E-state index contributed by atoms with van der Waals surface area (Å²) >= 11 is 0. The van der Waals surface area contributed by atoms with Crippen LogP contribution in [0.15, 0.2) is 63.4 Å². The first-order valence-electron chi connectivity index (χ1n) is 14.9. The third-order valence-electron chi connectivity index (χ3n) is 9.83. The molecule has 0 spiro atoms. The molecule has 0 saturated carbocycles. The molecule has 10 nitrogen and oxygen atoms in total. The van der Waals surface area contributed by atoms with Crippen LogP contribution in [0.4, 0.5) is 0 Å². The van der Waals surface area contributed by atoms with Gasteiger partial charge in [-0.05, 0) is 108 Å². The van der Waals surface area contributed by atoms with Gasteiger partial charge in [-0.25, -0.2) is 0 Å². The van der Waals surface area contributed by atoms with Gasteiger partial charge in [-0.15, -0.1) is 0 Å². The molecule has 44 heavy (non-hydrogen) atoms. The molecule has 1 aromatic heterocycles. The Morgan fingerprint density at radius 3 is 2.50 bits per heavy atom. The van der Waals surface area contributed by atoms with Crippen LogP contribution in [0.5, 0.6) is 5.75 Å². The summed E-state index contributed by atoms with van der Waals surface area (Å²) in [5.41, 5.74) is 13.0. The van der Waals surface area contributed by atoms with E-state index in [0.717, 1.165) is 16.7 Å². The Morgan fingerprint density at radius 1 is 1.25 bits per heavy atom. The lowest BCUT2D eigenvalue weighted by atomic mass is 9.56. The van der Waals surface area contributed by atoms with Crippen molar-refractivity contribution < 1.29 is 34.4 Å². The van der Waals surface area contributed by atoms with E-state index in [9.17, 15) is 30.0 Å². The number of phenols is 1. The van der Waals surface area contributed by atoms with Crippen LogP contribution in [-0.2, 0) is 17.6 Å². The van der Waals surface area contributed by atoms with Crippen molar-refractivity contribution in [1.82, 2.24) is 4.90 Å². The van der Waals surface area contributed by atoms with Gasteiger partial charge in [-0.2, -0.15) is 0 Å². The molecule has 4 unspecified atom stereocenters. The van der Waals surface area contributed by atoms with Crippen molar-refractivity contribution in [3.8, 4) is 16.9 Å². The van der Waals surface area contributed by atoms with Crippen LogP contribution in [0.3, 0.4) is 0 Å². The zero-order chi connectivity index (χ0) is 32.5. The molecule has 1 amide bonds. The molecule has 2 aromatic rings. The molecule has 5 rings (SSSR count). The number of primary amides is 1. The first kappa shape index (κ1) is 31.6. The van der Waals surface area contributed by atoms with Gasteiger partial charge in [0.25, 0.3) is 5.91 Å². The standard InChI is InChI=1S/C34H43N3O7/c1-7-16(2)13-33(3,36)14-19-12-20(17-8-9-44-15-17)21-10-18-11-22-25(30(40)23(18)29(39)24(21)28(19)38)34(4,43)26(32(35)42)31(41)27(22)37(5)6/h7-9,12,15,18,22,25,27,38,40-41,43H,10-11,13-14,36H2,1-6H3,(H2,35,42)/b16-7-/t18?,22?,25?,27-,33?,34+/m0/s1. The van der Waals surface area contributed by atoms with Gasteiger partial charge in [0.15, 0.2) is 5.78 Å². The van der Waals surface area contributed by atoms with Gasteiger partial charge >= 0.3 is 0 Å². The largest absolute Gasteiger partial charge is 0.511 e. The maximum atomic E-state index is 14.4. The summed E-state index contributed by atoms with van der Waals surface area (Å²) < 4.78 is 5.39. The molecule has 0 bridgehead atoms. The third kappa shape index (κ3) is 4.95. The SMILES string of the molecule is C/C=C(/C)CC(C)(N)Cc1cc(-c2ccoc2)c2c(c1O)C(=O)C1=C(O)C3C(CC1C2)[C@H](N(C)C)C(O)=C(C(N)=O)[C@]3(C)O. The minimum Gasteiger partial charge on any atom is -0.511 e. The van der Waals surface area contributed by atoms with E-state index in [4.69, 9.17) is 15.9 Å². The lowest BCUT2D eigenvalue weighted by Gasteiger charge is -2.52. The Kier molecular flexibility index (Phi) is 7.85. The van der Waals surface area contributed by atoms with Crippen LogP contribution in [0.25, 0.3) is 11.1 Å². The third-order valence-corrected chi connectivity index (χ3v) is 9.83. The Hall–Kier alpha value is -3.86. The minimum atomic E-state index is -2.05.